The van der Waals surface area contributed by atoms with Crippen LogP contribution in [0.15, 0.2) is 6.07 Å². The minimum Gasteiger partial charge on any atom is -0.393 e. The number of nitrogens with zero attached hydrogens (tertiary/aromatic N) is 2. The largest absolute Gasteiger partial charge is 0.393 e. The predicted molar refractivity (Wildman–Crippen MR) is 45.7 cm³/mol. The number of hydrogen-bond acceptors (Lipinski definition) is 4. The van der Waals surface area contributed by atoms with Crippen LogP contribution < -0.4 is 5.73 Å². The van der Waals surface area contributed by atoms with E-state index in [0.29, 0.717) is 5.69 Å². The van der Waals surface area contributed by atoms with Crippen molar-refractivity contribution < 1.29 is 4.92 Å². The number of aromatic nitrogens is 2. The Morgan fingerprint density at radius 3 is 3.00 bits per heavy atom. The van der Waals surface area contributed by atoms with Crippen LogP contribution in [-0.4, -0.2) is 20.1 Å². The normalized spacial score (nSPS) is 9.67. The summed E-state index contributed by atoms with van der Waals surface area (Å²) >= 11 is 4.61. The highest BCUT2D eigenvalue weighted by atomic mass is 32.1. The molecular formula is C5H6N4O2S. The highest BCUT2D eigenvalue weighted by Gasteiger charge is 2.09. The fraction of sp³-hybridized carbons (Fsp3) is 0.200. The van der Waals surface area contributed by atoms with E-state index in [1.54, 1.807) is 0 Å². The van der Waals surface area contributed by atoms with Gasteiger partial charge in [0.25, 0.3) is 0 Å². The van der Waals surface area contributed by atoms with Crippen molar-refractivity contribution in [1.29, 1.82) is 0 Å². The van der Waals surface area contributed by atoms with Crippen molar-refractivity contribution in [3.8, 4) is 0 Å². The van der Waals surface area contributed by atoms with Gasteiger partial charge in [0, 0.05) is 6.42 Å². The third kappa shape index (κ3) is 1.99. The fourth-order valence-electron chi connectivity index (χ4n) is 0.714. The standard InChI is InChI=1S/C5H6N4O2S/c6-4(12)1-3-2-5(8-7-3)9(10)11/h2H,1H2,(H2,6,12)(H,7,8). The first kappa shape index (κ1) is 8.60. The zero-order valence-corrected chi connectivity index (χ0v) is 6.80. The lowest BCUT2D eigenvalue weighted by atomic mass is 10.3. The van der Waals surface area contributed by atoms with Crippen molar-refractivity contribution in [2.24, 2.45) is 5.73 Å². The van der Waals surface area contributed by atoms with Crippen LogP contribution in [0, 0.1) is 10.1 Å². The number of thiocarbonyl (C=S) groups is 1. The molecule has 1 heterocycles. The molecule has 0 spiro atoms. The van der Waals surface area contributed by atoms with E-state index in [4.69, 9.17) is 5.73 Å². The second kappa shape index (κ2) is 3.26. The molecule has 0 aliphatic carbocycles. The Morgan fingerprint density at radius 1 is 1.92 bits per heavy atom. The van der Waals surface area contributed by atoms with Gasteiger partial charge in [0.05, 0.1) is 16.7 Å². The number of nitrogens with one attached hydrogen (secondary N) is 1. The van der Waals surface area contributed by atoms with E-state index < -0.39 is 4.92 Å². The molecule has 1 rings (SSSR count). The van der Waals surface area contributed by atoms with Crippen molar-refractivity contribution in [1.82, 2.24) is 10.2 Å². The topological polar surface area (TPSA) is 97.8 Å². The Bertz CT molecular complexity index is 321. The minimum absolute atomic E-state index is 0.152. The third-order valence-electron chi connectivity index (χ3n) is 1.17. The highest BCUT2D eigenvalue weighted by Crippen LogP contribution is 2.07. The lowest BCUT2D eigenvalue weighted by Gasteiger charge is -1.87. The Kier molecular flexibility index (Phi) is 2.34. The third-order valence-corrected chi connectivity index (χ3v) is 1.31. The first-order valence-electron chi connectivity index (χ1n) is 3.06. The van der Waals surface area contributed by atoms with Crippen LogP contribution in [-0.2, 0) is 6.42 Å². The molecule has 0 saturated heterocycles. The Hall–Kier alpha value is -1.50. The van der Waals surface area contributed by atoms with Gasteiger partial charge in [-0.25, -0.2) is 0 Å². The van der Waals surface area contributed by atoms with Crippen LogP contribution in [0.3, 0.4) is 0 Å². The van der Waals surface area contributed by atoms with Crippen molar-refractivity contribution in [2.75, 3.05) is 0 Å². The molecular weight excluding hydrogens is 180 g/mol. The summed E-state index contributed by atoms with van der Waals surface area (Å²) in [4.78, 5) is 9.87. The highest BCUT2D eigenvalue weighted by molar-refractivity contribution is 7.80. The van der Waals surface area contributed by atoms with Crippen molar-refractivity contribution in [3.05, 3.63) is 21.9 Å². The van der Waals surface area contributed by atoms with Gasteiger partial charge >= 0.3 is 5.82 Å². The molecule has 12 heavy (non-hydrogen) atoms. The van der Waals surface area contributed by atoms with Gasteiger partial charge in [-0.3, -0.25) is 0 Å². The fourth-order valence-corrected chi connectivity index (χ4v) is 0.862. The van der Waals surface area contributed by atoms with Gasteiger partial charge in [-0.1, -0.05) is 17.3 Å². The second-order valence-electron chi connectivity index (χ2n) is 2.14. The molecule has 1 aromatic heterocycles. The van der Waals surface area contributed by atoms with E-state index in [1.807, 2.05) is 0 Å². The minimum atomic E-state index is -0.559. The molecule has 0 unspecified atom stereocenters. The van der Waals surface area contributed by atoms with Crippen LogP contribution >= 0.6 is 12.2 Å². The molecule has 0 amide bonds. The van der Waals surface area contributed by atoms with Crippen LogP contribution in [0.25, 0.3) is 0 Å². The number of hydrogen-bond donors (Lipinski definition) is 2. The van der Waals surface area contributed by atoms with E-state index in [1.165, 1.54) is 6.07 Å². The van der Waals surface area contributed by atoms with Crippen LogP contribution in [0.1, 0.15) is 5.69 Å². The van der Waals surface area contributed by atoms with Gasteiger partial charge in [0.1, 0.15) is 0 Å². The summed E-state index contributed by atoms with van der Waals surface area (Å²) in [5.41, 5.74) is 5.70. The molecule has 6 nitrogen and oxygen atoms in total. The molecule has 0 fully saturated rings. The van der Waals surface area contributed by atoms with Gasteiger partial charge in [-0.05, 0) is 4.92 Å². The summed E-state index contributed by atoms with van der Waals surface area (Å²) in [5, 5.41) is 16.1. The molecule has 0 aliphatic heterocycles. The number of nitro groups is 1. The number of H-pyrrole nitrogens is 1. The monoisotopic (exact) mass is 186 g/mol. The average Bonchev–Trinajstić information content (AvgIpc) is 2.34. The van der Waals surface area contributed by atoms with Crippen LogP contribution in [0.4, 0.5) is 5.82 Å². The van der Waals surface area contributed by atoms with E-state index in [9.17, 15) is 10.1 Å². The maximum Gasteiger partial charge on any atom is 0.342 e. The van der Waals surface area contributed by atoms with Gasteiger partial charge in [-0.2, -0.15) is 0 Å². The molecule has 0 radical (unpaired) electrons. The van der Waals surface area contributed by atoms with Gasteiger partial charge in [0.15, 0.2) is 0 Å². The molecule has 0 aromatic carbocycles. The summed E-state index contributed by atoms with van der Waals surface area (Å²) in [6.07, 6.45) is 0.277. The molecule has 0 bridgehead atoms. The van der Waals surface area contributed by atoms with E-state index in [-0.39, 0.29) is 17.2 Å². The Morgan fingerprint density at radius 2 is 2.58 bits per heavy atom. The summed E-state index contributed by atoms with van der Waals surface area (Å²) in [5.74, 6) is -0.152. The van der Waals surface area contributed by atoms with Crippen molar-refractivity contribution in [3.63, 3.8) is 0 Å². The first-order valence-corrected chi connectivity index (χ1v) is 3.47. The number of aromatic amines is 1. The van der Waals surface area contributed by atoms with E-state index in [2.05, 4.69) is 22.4 Å². The molecule has 64 valence electrons. The smallest absolute Gasteiger partial charge is 0.342 e. The second-order valence-corrected chi connectivity index (χ2v) is 2.67. The van der Waals surface area contributed by atoms with Crippen LogP contribution in [0.5, 0.6) is 0 Å². The maximum atomic E-state index is 10.2. The molecule has 7 heteroatoms. The summed E-state index contributed by atoms with van der Waals surface area (Å²) < 4.78 is 0. The first-order chi connectivity index (χ1) is 5.59. The average molecular weight is 186 g/mol. The van der Waals surface area contributed by atoms with E-state index >= 15 is 0 Å². The molecule has 0 saturated carbocycles. The Balaban J connectivity index is 2.77. The van der Waals surface area contributed by atoms with Crippen molar-refractivity contribution in [2.45, 2.75) is 6.42 Å². The zero-order valence-electron chi connectivity index (χ0n) is 5.98. The molecule has 3 N–H and O–H groups in total. The maximum absolute atomic E-state index is 10.2. The predicted octanol–water partition coefficient (Wildman–Crippen LogP) is 0.146. The SMILES string of the molecule is NC(=S)Cc1cc([N+](=O)[O-])[nH]n1. The van der Waals surface area contributed by atoms with Gasteiger partial charge in [0.2, 0.25) is 0 Å². The quantitative estimate of drug-likeness (QED) is 0.397. The van der Waals surface area contributed by atoms with Gasteiger partial charge < -0.3 is 15.8 Å². The van der Waals surface area contributed by atoms with E-state index in [0.717, 1.165) is 0 Å². The van der Waals surface area contributed by atoms with Gasteiger partial charge in [-0.15, -0.1) is 5.10 Å². The summed E-state index contributed by atoms with van der Waals surface area (Å²) in [6, 6.07) is 1.30. The van der Waals surface area contributed by atoms with Crippen LogP contribution in [0.2, 0.25) is 0 Å². The summed E-state index contributed by atoms with van der Waals surface area (Å²) in [6.45, 7) is 0. The Labute approximate surface area is 72.9 Å². The molecule has 1 aromatic rings. The summed E-state index contributed by atoms with van der Waals surface area (Å²) in [7, 11) is 0. The lowest BCUT2D eigenvalue weighted by molar-refractivity contribution is -0.389. The zero-order chi connectivity index (χ0) is 9.14. The lowest BCUT2D eigenvalue weighted by Crippen LogP contribution is -2.11. The number of nitrogens with two attached hydrogens (primary N) is 1. The molecule has 0 atom stereocenters. The molecule has 0 aliphatic rings. The van der Waals surface area contributed by atoms with Crippen molar-refractivity contribution >= 4 is 23.0 Å². The number of rotatable bonds is 3.